The number of amides is 1. The van der Waals surface area contributed by atoms with Gasteiger partial charge in [0, 0.05) is 24.3 Å². The third-order valence-electron chi connectivity index (χ3n) is 4.32. The molecule has 3 N–H and O–H groups in total. The minimum atomic E-state index is 0. The highest BCUT2D eigenvalue weighted by Gasteiger charge is 2.17. The topological polar surface area (TPSA) is 70.7 Å². The number of guanidine groups is 1. The minimum absolute atomic E-state index is 0. The first-order chi connectivity index (χ1) is 12.2. The Labute approximate surface area is 171 Å². The number of nitrogens with one attached hydrogen (secondary N) is 1. The van der Waals surface area contributed by atoms with Crippen molar-refractivity contribution in [1.82, 2.24) is 4.90 Å². The number of halogens is 1. The first-order valence-corrected chi connectivity index (χ1v) is 8.72. The molecule has 2 aromatic rings. The Bertz CT molecular complexity index is 725. The molecule has 0 unspecified atom stereocenters. The van der Waals surface area contributed by atoms with Crippen molar-refractivity contribution >= 4 is 41.5 Å². The fraction of sp³-hybridized carbons (Fsp3) is 0.300. The fourth-order valence-electron chi connectivity index (χ4n) is 2.92. The van der Waals surface area contributed by atoms with Gasteiger partial charge in [-0.05, 0) is 49.1 Å². The van der Waals surface area contributed by atoms with Crippen LogP contribution in [0.1, 0.15) is 35.2 Å². The summed E-state index contributed by atoms with van der Waals surface area (Å²) in [5.74, 6) is 0.500. The van der Waals surface area contributed by atoms with Crippen molar-refractivity contribution < 1.29 is 4.79 Å². The van der Waals surface area contributed by atoms with Crippen LogP contribution < -0.4 is 11.1 Å². The van der Waals surface area contributed by atoms with E-state index in [1.165, 1.54) is 6.42 Å². The molecule has 1 saturated heterocycles. The second kappa shape index (κ2) is 10.2. The smallest absolute Gasteiger partial charge is 0.253 e. The van der Waals surface area contributed by atoms with E-state index in [-0.39, 0.29) is 29.9 Å². The highest BCUT2D eigenvalue weighted by atomic mass is 127. The number of carbonyl (C=O) groups is 1. The summed E-state index contributed by atoms with van der Waals surface area (Å²) in [4.78, 5) is 18.7. The predicted octanol–water partition coefficient (Wildman–Crippen LogP) is 3.86. The van der Waals surface area contributed by atoms with E-state index in [2.05, 4.69) is 10.3 Å². The SMILES string of the molecule is I.NC(=NCc1ccc(C(=O)N2CCCCC2)cc1)Nc1ccccc1. The highest BCUT2D eigenvalue weighted by Crippen LogP contribution is 2.14. The average molecular weight is 464 g/mol. The van der Waals surface area contributed by atoms with Gasteiger partial charge in [-0.25, -0.2) is 4.99 Å². The summed E-state index contributed by atoms with van der Waals surface area (Å²) in [5.41, 5.74) is 8.58. The van der Waals surface area contributed by atoms with Crippen LogP contribution in [0, 0.1) is 0 Å². The lowest BCUT2D eigenvalue weighted by molar-refractivity contribution is 0.0724. The van der Waals surface area contributed by atoms with Gasteiger partial charge in [0.15, 0.2) is 5.96 Å². The maximum absolute atomic E-state index is 12.4. The van der Waals surface area contributed by atoms with Gasteiger partial charge in [0.05, 0.1) is 6.54 Å². The number of nitrogens with zero attached hydrogens (tertiary/aromatic N) is 2. The van der Waals surface area contributed by atoms with Gasteiger partial charge in [0.1, 0.15) is 0 Å². The Morgan fingerprint density at radius 1 is 1.00 bits per heavy atom. The van der Waals surface area contributed by atoms with Gasteiger partial charge >= 0.3 is 0 Å². The van der Waals surface area contributed by atoms with E-state index in [1.54, 1.807) is 0 Å². The standard InChI is InChI=1S/C20H24N4O.HI/c21-20(23-18-7-3-1-4-8-18)22-15-16-9-11-17(12-10-16)19(25)24-13-5-2-6-14-24;/h1,3-4,7-12H,2,5-6,13-15H2,(H3,21,22,23);1H. The number of anilines is 1. The number of carbonyl (C=O) groups excluding carboxylic acids is 1. The quantitative estimate of drug-likeness (QED) is 0.410. The molecule has 1 fully saturated rings. The number of benzene rings is 2. The lowest BCUT2D eigenvalue weighted by Gasteiger charge is -2.26. The first-order valence-electron chi connectivity index (χ1n) is 8.72. The second-order valence-corrected chi connectivity index (χ2v) is 6.24. The number of likely N-dealkylation sites (tertiary alicyclic amines) is 1. The summed E-state index contributed by atoms with van der Waals surface area (Å²) in [7, 11) is 0. The van der Waals surface area contributed by atoms with Crippen molar-refractivity contribution in [1.29, 1.82) is 0 Å². The molecule has 2 aromatic carbocycles. The number of nitrogens with two attached hydrogens (primary N) is 1. The zero-order chi connectivity index (χ0) is 17.5. The van der Waals surface area contributed by atoms with Crippen LogP contribution in [0.15, 0.2) is 59.6 Å². The summed E-state index contributed by atoms with van der Waals surface area (Å²) in [5, 5.41) is 3.05. The van der Waals surface area contributed by atoms with Gasteiger partial charge < -0.3 is 16.0 Å². The van der Waals surface area contributed by atoms with E-state index in [0.717, 1.165) is 42.7 Å². The average Bonchev–Trinajstić information content (AvgIpc) is 2.68. The molecule has 1 amide bonds. The lowest BCUT2D eigenvalue weighted by Crippen LogP contribution is -2.35. The Kier molecular flexibility index (Phi) is 7.90. The molecule has 0 aromatic heterocycles. The Morgan fingerprint density at radius 2 is 1.65 bits per heavy atom. The van der Waals surface area contributed by atoms with E-state index in [0.29, 0.717) is 12.5 Å². The molecular formula is C20H25IN4O. The van der Waals surface area contributed by atoms with Gasteiger partial charge in [-0.2, -0.15) is 0 Å². The fourth-order valence-corrected chi connectivity index (χ4v) is 2.92. The molecule has 0 aliphatic carbocycles. The van der Waals surface area contributed by atoms with Crippen LogP contribution in [0.2, 0.25) is 0 Å². The van der Waals surface area contributed by atoms with Crippen molar-refractivity contribution in [3.05, 3.63) is 65.7 Å². The van der Waals surface area contributed by atoms with E-state index in [9.17, 15) is 4.79 Å². The zero-order valence-corrected chi connectivity index (χ0v) is 17.1. The summed E-state index contributed by atoms with van der Waals surface area (Å²) in [6, 6.07) is 17.3. The van der Waals surface area contributed by atoms with E-state index >= 15 is 0 Å². The molecule has 3 rings (SSSR count). The summed E-state index contributed by atoms with van der Waals surface area (Å²) < 4.78 is 0. The van der Waals surface area contributed by atoms with Gasteiger partial charge in [0.25, 0.3) is 5.91 Å². The second-order valence-electron chi connectivity index (χ2n) is 6.24. The molecule has 1 aliphatic rings. The Morgan fingerprint density at radius 3 is 2.31 bits per heavy atom. The van der Waals surface area contributed by atoms with Crippen LogP contribution in [-0.4, -0.2) is 29.9 Å². The molecule has 26 heavy (non-hydrogen) atoms. The van der Waals surface area contributed by atoms with Crippen LogP contribution in [0.5, 0.6) is 0 Å². The van der Waals surface area contributed by atoms with Crippen LogP contribution >= 0.6 is 24.0 Å². The van der Waals surface area contributed by atoms with Crippen LogP contribution in [0.4, 0.5) is 5.69 Å². The Balaban J connectivity index is 0.00000243. The van der Waals surface area contributed by atoms with Crippen molar-refractivity contribution in [2.75, 3.05) is 18.4 Å². The third-order valence-corrected chi connectivity index (χ3v) is 4.32. The van der Waals surface area contributed by atoms with Crippen LogP contribution in [0.3, 0.4) is 0 Å². The van der Waals surface area contributed by atoms with Crippen molar-refractivity contribution in [3.8, 4) is 0 Å². The predicted molar refractivity (Wildman–Crippen MR) is 117 cm³/mol. The van der Waals surface area contributed by atoms with Crippen LogP contribution in [-0.2, 0) is 6.54 Å². The monoisotopic (exact) mass is 464 g/mol. The third kappa shape index (κ3) is 5.72. The van der Waals surface area contributed by atoms with Gasteiger partial charge in [-0.3, -0.25) is 4.79 Å². The summed E-state index contributed by atoms with van der Waals surface area (Å²) in [6.45, 7) is 2.21. The number of rotatable bonds is 4. The first kappa shape index (κ1) is 20.2. The minimum Gasteiger partial charge on any atom is -0.370 e. The molecule has 6 heteroatoms. The van der Waals surface area contributed by atoms with E-state index in [1.807, 2.05) is 59.5 Å². The van der Waals surface area contributed by atoms with Gasteiger partial charge in [-0.1, -0.05) is 30.3 Å². The molecule has 0 bridgehead atoms. The lowest BCUT2D eigenvalue weighted by atomic mass is 10.1. The van der Waals surface area contributed by atoms with E-state index in [4.69, 9.17) is 5.73 Å². The number of piperidine rings is 1. The molecular weight excluding hydrogens is 439 g/mol. The zero-order valence-electron chi connectivity index (χ0n) is 14.7. The largest absolute Gasteiger partial charge is 0.370 e. The molecule has 0 saturated carbocycles. The number of aliphatic imine (C=N–C) groups is 1. The van der Waals surface area contributed by atoms with E-state index < -0.39 is 0 Å². The Hall–Kier alpha value is -2.09. The van der Waals surface area contributed by atoms with Crippen molar-refractivity contribution in [2.45, 2.75) is 25.8 Å². The summed E-state index contributed by atoms with van der Waals surface area (Å²) >= 11 is 0. The molecule has 1 aliphatic heterocycles. The van der Waals surface area contributed by atoms with Crippen LogP contribution in [0.25, 0.3) is 0 Å². The molecule has 1 heterocycles. The molecule has 5 nitrogen and oxygen atoms in total. The number of para-hydroxylation sites is 1. The molecule has 0 spiro atoms. The highest BCUT2D eigenvalue weighted by molar-refractivity contribution is 14.0. The molecule has 0 atom stereocenters. The molecule has 0 radical (unpaired) electrons. The molecule has 138 valence electrons. The normalized spacial score (nSPS) is 14.5. The van der Waals surface area contributed by atoms with Crippen molar-refractivity contribution in [2.24, 2.45) is 10.7 Å². The number of hydrogen-bond donors (Lipinski definition) is 2. The van der Waals surface area contributed by atoms with Gasteiger partial charge in [0.2, 0.25) is 0 Å². The number of hydrogen-bond acceptors (Lipinski definition) is 2. The maximum atomic E-state index is 12.4. The summed E-state index contributed by atoms with van der Waals surface area (Å²) in [6.07, 6.45) is 3.43. The van der Waals surface area contributed by atoms with Crippen molar-refractivity contribution in [3.63, 3.8) is 0 Å². The van der Waals surface area contributed by atoms with Gasteiger partial charge in [-0.15, -0.1) is 24.0 Å². The maximum Gasteiger partial charge on any atom is 0.253 e.